The summed E-state index contributed by atoms with van der Waals surface area (Å²) in [6.07, 6.45) is 2.12. The Hall–Kier alpha value is -0.000000000000000132. The van der Waals surface area contributed by atoms with E-state index in [1.54, 1.807) is 0 Å². The summed E-state index contributed by atoms with van der Waals surface area (Å²) in [7, 11) is 0. The van der Waals surface area contributed by atoms with Crippen molar-refractivity contribution in [1.82, 2.24) is 0 Å². The first-order valence-electron chi connectivity index (χ1n) is 5.05. The van der Waals surface area contributed by atoms with E-state index in [0.717, 1.165) is 40.3 Å². The number of halogens is 2. The van der Waals surface area contributed by atoms with Gasteiger partial charge < -0.3 is 10.1 Å². The van der Waals surface area contributed by atoms with Gasteiger partial charge in [-0.05, 0) is 53.6 Å². The SMILES string of the molecule is Clc1cc(I)ccc1NC1CCOCC1. The first kappa shape index (κ1) is 11.5. The van der Waals surface area contributed by atoms with Gasteiger partial charge in [-0.2, -0.15) is 0 Å². The molecular weight excluding hydrogens is 324 g/mol. The van der Waals surface area contributed by atoms with Crippen LogP contribution in [0.3, 0.4) is 0 Å². The van der Waals surface area contributed by atoms with Crippen LogP contribution in [-0.2, 0) is 4.74 Å². The van der Waals surface area contributed by atoms with Crippen LogP contribution < -0.4 is 5.32 Å². The lowest BCUT2D eigenvalue weighted by Gasteiger charge is -2.24. The average Bonchev–Trinajstić information content (AvgIpc) is 2.24. The Labute approximate surface area is 108 Å². The minimum Gasteiger partial charge on any atom is -0.381 e. The second-order valence-electron chi connectivity index (χ2n) is 3.66. The fourth-order valence-electron chi connectivity index (χ4n) is 1.67. The lowest BCUT2D eigenvalue weighted by Crippen LogP contribution is -2.27. The fourth-order valence-corrected chi connectivity index (χ4v) is 2.58. The zero-order valence-corrected chi connectivity index (χ0v) is 11.2. The first-order valence-corrected chi connectivity index (χ1v) is 6.51. The molecule has 1 aromatic carbocycles. The van der Waals surface area contributed by atoms with E-state index in [1.807, 2.05) is 12.1 Å². The Morgan fingerprint density at radius 3 is 2.73 bits per heavy atom. The number of nitrogens with one attached hydrogen (secondary N) is 1. The highest BCUT2D eigenvalue weighted by atomic mass is 127. The second kappa shape index (κ2) is 5.37. The van der Waals surface area contributed by atoms with E-state index >= 15 is 0 Å². The third-order valence-corrected chi connectivity index (χ3v) is 3.50. The highest BCUT2D eigenvalue weighted by molar-refractivity contribution is 14.1. The van der Waals surface area contributed by atoms with Crippen molar-refractivity contribution < 1.29 is 4.74 Å². The first-order chi connectivity index (χ1) is 7.25. The van der Waals surface area contributed by atoms with E-state index in [-0.39, 0.29) is 0 Å². The topological polar surface area (TPSA) is 21.3 Å². The molecule has 0 aliphatic carbocycles. The van der Waals surface area contributed by atoms with Crippen LogP contribution in [0.5, 0.6) is 0 Å². The maximum absolute atomic E-state index is 6.15. The van der Waals surface area contributed by atoms with Crippen LogP contribution in [0.25, 0.3) is 0 Å². The molecule has 1 aliphatic rings. The molecule has 0 atom stereocenters. The Morgan fingerprint density at radius 1 is 1.33 bits per heavy atom. The van der Waals surface area contributed by atoms with Gasteiger partial charge >= 0.3 is 0 Å². The molecule has 0 aromatic heterocycles. The standard InChI is InChI=1S/C11H13ClINO/c12-10-7-8(13)1-2-11(10)14-9-3-5-15-6-4-9/h1-2,7,9,14H,3-6H2. The predicted octanol–water partition coefficient (Wildman–Crippen LogP) is 3.54. The second-order valence-corrected chi connectivity index (χ2v) is 5.31. The zero-order valence-electron chi connectivity index (χ0n) is 8.30. The van der Waals surface area contributed by atoms with Crippen molar-refractivity contribution >= 4 is 39.9 Å². The molecule has 1 N–H and O–H groups in total. The van der Waals surface area contributed by atoms with Gasteiger partial charge in [0.25, 0.3) is 0 Å². The molecule has 0 unspecified atom stereocenters. The van der Waals surface area contributed by atoms with E-state index in [1.165, 1.54) is 0 Å². The number of ether oxygens (including phenoxy) is 1. The van der Waals surface area contributed by atoms with E-state index < -0.39 is 0 Å². The van der Waals surface area contributed by atoms with Gasteiger partial charge in [-0.25, -0.2) is 0 Å². The van der Waals surface area contributed by atoms with Crippen LogP contribution in [0.4, 0.5) is 5.69 Å². The third-order valence-electron chi connectivity index (χ3n) is 2.51. The maximum Gasteiger partial charge on any atom is 0.0648 e. The number of hydrogen-bond donors (Lipinski definition) is 1. The van der Waals surface area contributed by atoms with Crippen molar-refractivity contribution in [2.24, 2.45) is 0 Å². The summed E-state index contributed by atoms with van der Waals surface area (Å²) in [4.78, 5) is 0. The summed E-state index contributed by atoms with van der Waals surface area (Å²) in [6, 6.07) is 6.58. The number of anilines is 1. The Morgan fingerprint density at radius 2 is 2.07 bits per heavy atom. The van der Waals surface area contributed by atoms with Gasteiger partial charge in [0.15, 0.2) is 0 Å². The molecule has 0 saturated carbocycles. The largest absolute Gasteiger partial charge is 0.381 e. The van der Waals surface area contributed by atoms with Crippen molar-refractivity contribution in [1.29, 1.82) is 0 Å². The zero-order chi connectivity index (χ0) is 10.7. The van der Waals surface area contributed by atoms with E-state index in [4.69, 9.17) is 16.3 Å². The molecule has 15 heavy (non-hydrogen) atoms. The van der Waals surface area contributed by atoms with Gasteiger partial charge in [-0.3, -0.25) is 0 Å². The molecule has 4 heteroatoms. The van der Waals surface area contributed by atoms with E-state index in [2.05, 4.69) is 34.0 Å². The van der Waals surface area contributed by atoms with Crippen molar-refractivity contribution in [3.05, 3.63) is 26.8 Å². The summed E-state index contributed by atoms with van der Waals surface area (Å²) in [5.74, 6) is 0. The van der Waals surface area contributed by atoms with Gasteiger partial charge in [0.05, 0.1) is 10.7 Å². The number of rotatable bonds is 2. The van der Waals surface area contributed by atoms with Gasteiger partial charge in [0.1, 0.15) is 0 Å². The summed E-state index contributed by atoms with van der Waals surface area (Å²) in [6.45, 7) is 1.69. The normalized spacial score (nSPS) is 17.7. The Bertz CT molecular complexity index is 339. The lowest BCUT2D eigenvalue weighted by molar-refractivity contribution is 0.0904. The molecule has 1 heterocycles. The average molecular weight is 338 g/mol. The minimum atomic E-state index is 0.497. The Balaban J connectivity index is 2.03. The van der Waals surface area contributed by atoms with Gasteiger partial charge in [-0.15, -0.1) is 0 Å². The fraction of sp³-hybridized carbons (Fsp3) is 0.455. The van der Waals surface area contributed by atoms with Crippen LogP contribution >= 0.6 is 34.2 Å². The van der Waals surface area contributed by atoms with Crippen LogP contribution in [0.1, 0.15) is 12.8 Å². The third kappa shape index (κ3) is 3.23. The monoisotopic (exact) mass is 337 g/mol. The van der Waals surface area contributed by atoms with Gasteiger partial charge in [-0.1, -0.05) is 11.6 Å². The van der Waals surface area contributed by atoms with Crippen LogP contribution in [0.15, 0.2) is 18.2 Å². The molecule has 82 valence electrons. The maximum atomic E-state index is 6.15. The van der Waals surface area contributed by atoms with Crippen molar-refractivity contribution in [2.45, 2.75) is 18.9 Å². The van der Waals surface area contributed by atoms with Crippen LogP contribution in [0.2, 0.25) is 5.02 Å². The molecule has 1 saturated heterocycles. The van der Waals surface area contributed by atoms with Crippen molar-refractivity contribution in [2.75, 3.05) is 18.5 Å². The molecule has 2 nitrogen and oxygen atoms in total. The van der Waals surface area contributed by atoms with E-state index in [9.17, 15) is 0 Å². The highest BCUT2D eigenvalue weighted by Gasteiger charge is 2.14. The molecular formula is C11H13ClINO. The lowest BCUT2D eigenvalue weighted by atomic mass is 10.1. The summed E-state index contributed by atoms with van der Waals surface area (Å²) in [5.41, 5.74) is 1.03. The summed E-state index contributed by atoms with van der Waals surface area (Å²) in [5, 5.41) is 4.26. The summed E-state index contributed by atoms with van der Waals surface area (Å²) >= 11 is 8.41. The summed E-state index contributed by atoms with van der Waals surface area (Å²) < 4.78 is 6.47. The highest BCUT2D eigenvalue weighted by Crippen LogP contribution is 2.25. The molecule has 0 spiro atoms. The van der Waals surface area contributed by atoms with Gasteiger partial charge in [0, 0.05) is 22.8 Å². The molecule has 1 aromatic rings. The molecule has 1 aliphatic heterocycles. The molecule has 1 fully saturated rings. The predicted molar refractivity (Wildman–Crippen MR) is 71.6 cm³/mol. The van der Waals surface area contributed by atoms with E-state index in [0.29, 0.717) is 6.04 Å². The van der Waals surface area contributed by atoms with Crippen LogP contribution in [0, 0.1) is 3.57 Å². The molecule has 2 rings (SSSR count). The molecule has 0 radical (unpaired) electrons. The smallest absolute Gasteiger partial charge is 0.0648 e. The number of benzene rings is 1. The van der Waals surface area contributed by atoms with Crippen LogP contribution in [-0.4, -0.2) is 19.3 Å². The van der Waals surface area contributed by atoms with Crippen molar-refractivity contribution in [3.63, 3.8) is 0 Å². The molecule has 0 amide bonds. The minimum absolute atomic E-state index is 0.497. The van der Waals surface area contributed by atoms with Crippen molar-refractivity contribution in [3.8, 4) is 0 Å². The Kier molecular flexibility index (Phi) is 4.11. The number of hydrogen-bond acceptors (Lipinski definition) is 2. The quantitative estimate of drug-likeness (QED) is 0.834. The van der Waals surface area contributed by atoms with Gasteiger partial charge in [0.2, 0.25) is 0 Å². The molecule has 0 bridgehead atoms.